The second-order valence-corrected chi connectivity index (χ2v) is 7.94. The van der Waals surface area contributed by atoms with Crippen molar-refractivity contribution in [3.8, 4) is 0 Å². The fourth-order valence-electron chi connectivity index (χ4n) is 5.55. The smallest absolute Gasteiger partial charge is 0.000846 e. The Kier molecular flexibility index (Phi) is 2.45. The number of benzene rings is 6. The SMILES string of the molecule is Cc1cc2cccc3c(C)c4c(C)cc5cccc6c(C)c1c(c23)c4c56. The van der Waals surface area contributed by atoms with Gasteiger partial charge in [-0.25, -0.2) is 0 Å². The lowest BCUT2D eigenvalue weighted by Gasteiger charge is -2.23. The van der Waals surface area contributed by atoms with Crippen LogP contribution in [0.1, 0.15) is 22.3 Å². The molecular weight excluding hydrogens is 312 g/mol. The Morgan fingerprint density at radius 1 is 0.462 bits per heavy atom. The molecular formula is C26H20. The van der Waals surface area contributed by atoms with Gasteiger partial charge in [0.05, 0.1) is 0 Å². The van der Waals surface area contributed by atoms with E-state index < -0.39 is 0 Å². The van der Waals surface area contributed by atoms with Crippen LogP contribution in [0.25, 0.3) is 53.9 Å². The van der Waals surface area contributed by atoms with Crippen molar-refractivity contribution in [3.63, 3.8) is 0 Å². The van der Waals surface area contributed by atoms with Crippen LogP contribution in [0, 0.1) is 27.7 Å². The summed E-state index contributed by atoms with van der Waals surface area (Å²) in [5.41, 5.74) is 5.61. The van der Waals surface area contributed by atoms with E-state index in [1.165, 1.54) is 76.1 Å². The van der Waals surface area contributed by atoms with Gasteiger partial charge in [0, 0.05) is 0 Å². The van der Waals surface area contributed by atoms with Crippen LogP contribution in [0.15, 0.2) is 48.5 Å². The van der Waals surface area contributed by atoms with Crippen molar-refractivity contribution in [3.05, 3.63) is 70.8 Å². The van der Waals surface area contributed by atoms with E-state index in [0.29, 0.717) is 0 Å². The van der Waals surface area contributed by atoms with Crippen molar-refractivity contribution in [2.24, 2.45) is 0 Å². The first-order valence-corrected chi connectivity index (χ1v) is 9.39. The Morgan fingerprint density at radius 3 is 1.31 bits per heavy atom. The zero-order valence-corrected chi connectivity index (χ0v) is 15.6. The van der Waals surface area contributed by atoms with Gasteiger partial charge in [0.15, 0.2) is 0 Å². The van der Waals surface area contributed by atoms with Crippen LogP contribution in [0.3, 0.4) is 0 Å². The molecule has 0 bridgehead atoms. The molecule has 0 fully saturated rings. The summed E-state index contributed by atoms with van der Waals surface area (Å²) in [4.78, 5) is 0. The fraction of sp³-hybridized carbons (Fsp3) is 0.154. The van der Waals surface area contributed by atoms with Crippen LogP contribution in [0.5, 0.6) is 0 Å². The first kappa shape index (κ1) is 14.3. The van der Waals surface area contributed by atoms with Crippen molar-refractivity contribution in [2.75, 3.05) is 0 Å². The first-order valence-electron chi connectivity index (χ1n) is 9.39. The molecule has 0 aromatic heterocycles. The largest absolute Gasteiger partial charge is 0.0610 e. The van der Waals surface area contributed by atoms with E-state index in [9.17, 15) is 0 Å². The van der Waals surface area contributed by atoms with E-state index in [0.717, 1.165) is 0 Å². The summed E-state index contributed by atoms with van der Waals surface area (Å²) in [5.74, 6) is 0. The third-order valence-corrected chi connectivity index (χ3v) is 6.53. The maximum atomic E-state index is 2.38. The predicted molar refractivity (Wildman–Crippen MR) is 115 cm³/mol. The summed E-state index contributed by atoms with van der Waals surface area (Å²) >= 11 is 0. The molecule has 0 heteroatoms. The van der Waals surface area contributed by atoms with E-state index in [1.54, 1.807) is 0 Å². The lowest BCUT2D eigenvalue weighted by molar-refractivity contribution is 1.49. The summed E-state index contributed by atoms with van der Waals surface area (Å²) in [6, 6.07) is 18.3. The van der Waals surface area contributed by atoms with Gasteiger partial charge in [-0.05, 0) is 104 Å². The standard InChI is InChI=1S/C26H20/c1-13-11-17-7-5-10-20-16(4)22-14(2)12-18-8-6-9-19-15(3)21(13)25(23(17)20)26(22)24(18)19/h5-12H,1-4H3. The molecule has 26 heavy (non-hydrogen) atoms. The number of aryl methyl sites for hydroxylation is 4. The Balaban J connectivity index is 2.20. The number of rotatable bonds is 0. The third-order valence-electron chi connectivity index (χ3n) is 6.53. The van der Waals surface area contributed by atoms with Gasteiger partial charge >= 0.3 is 0 Å². The van der Waals surface area contributed by atoms with E-state index in [2.05, 4.69) is 76.2 Å². The molecule has 6 aromatic rings. The molecule has 6 rings (SSSR count). The Hall–Kier alpha value is -2.86. The minimum atomic E-state index is 1.37. The first-order chi connectivity index (χ1) is 12.6. The Morgan fingerprint density at radius 2 is 0.885 bits per heavy atom. The zero-order chi connectivity index (χ0) is 17.7. The highest BCUT2D eigenvalue weighted by Crippen LogP contribution is 2.48. The van der Waals surface area contributed by atoms with Crippen molar-refractivity contribution >= 4 is 53.9 Å². The van der Waals surface area contributed by atoms with Crippen LogP contribution in [-0.2, 0) is 0 Å². The molecule has 0 radical (unpaired) electrons. The monoisotopic (exact) mass is 332 g/mol. The summed E-state index contributed by atoms with van der Waals surface area (Å²) < 4.78 is 0. The molecule has 0 spiro atoms. The van der Waals surface area contributed by atoms with Crippen LogP contribution in [0.4, 0.5) is 0 Å². The van der Waals surface area contributed by atoms with Crippen molar-refractivity contribution in [2.45, 2.75) is 27.7 Å². The maximum Gasteiger partial charge on any atom is -0.000846 e. The van der Waals surface area contributed by atoms with Gasteiger partial charge in [0.25, 0.3) is 0 Å². The molecule has 0 N–H and O–H groups in total. The molecule has 0 heterocycles. The zero-order valence-electron chi connectivity index (χ0n) is 15.6. The molecule has 0 nitrogen and oxygen atoms in total. The minimum Gasteiger partial charge on any atom is -0.0610 e. The number of hydrogen-bond donors (Lipinski definition) is 0. The van der Waals surface area contributed by atoms with Crippen LogP contribution < -0.4 is 0 Å². The van der Waals surface area contributed by atoms with Crippen LogP contribution >= 0.6 is 0 Å². The minimum absolute atomic E-state index is 1.37. The van der Waals surface area contributed by atoms with Crippen molar-refractivity contribution < 1.29 is 0 Å². The molecule has 0 aliphatic heterocycles. The Bertz CT molecular complexity index is 1380. The van der Waals surface area contributed by atoms with Crippen molar-refractivity contribution in [1.29, 1.82) is 0 Å². The van der Waals surface area contributed by atoms with Crippen LogP contribution in [0.2, 0.25) is 0 Å². The molecule has 0 unspecified atom stereocenters. The van der Waals surface area contributed by atoms with Gasteiger partial charge < -0.3 is 0 Å². The molecule has 6 aromatic carbocycles. The highest BCUT2D eigenvalue weighted by atomic mass is 14.2. The quantitative estimate of drug-likeness (QED) is 0.199. The van der Waals surface area contributed by atoms with Gasteiger partial charge in [0.1, 0.15) is 0 Å². The second kappa shape index (κ2) is 4.45. The molecule has 0 saturated heterocycles. The highest BCUT2D eigenvalue weighted by Gasteiger charge is 2.21. The van der Waals surface area contributed by atoms with E-state index in [4.69, 9.17) is 0 Å². The molecule has 0 amide bonds. The van der Waals surface area contributed by atoms with Gasteiger partial charge in [-0.2, -0.15) is 0 Å². The van der Waals surface area contributed by atoms with E-state index in [1.807, 2.05) is 0 Å². The van der Waals surface area contributed by atoms with Gasteiger partial charge in [0.2, 0.25) is 0 Å². The summed E-state index contributed by atoms with van der Waals surface area (Å²) in [7, 11) is 0. The van der Waals surface area contributed by atoms with E-state index >= 15 is 0 Å². The summed E-state index contributed by atoms with van der Waals surface area (Å²) in [5, 5.41) is 14.3. The average Bonchev–Trinajstić information content (AvgIpc) is 2.63. The lowest BCUT2D eigenvalue weighted by atomic mass is 9.80. The topological polar surface area (TPSA) is 0 Å². The molecule has 0 aliphatic carbocycles. The van der Waals surface area contributed by atoms with Crippen LogP contribution in [-0.4, -0.2) is 0 Å². The van der Waals surface area contributed by atoms with E-state index in [-0.39, 0.29) is 0 Å². The molecule has 0 aliphatic rings. The normalized spacial score (nSPS) is 12.6. The predicted octanol–water partition coefficient (Wildman–Crippen LogP) is 7.56. The summed E-state index contributed by atoms with van der Waals surface area (Å²) in [6.07, 6.45) is 0. The average molecular weight is 332 g/mol. The Labute approximate surface area is 152 Å². The molecule has 0 atom stereocenters. The molecule has 124 valence electrons. The third kappa shape index (κ3) is 1.44. The van der Waals surface area contributed by atoms with Gasteiger partial charge in [-0.3, -0.25) is 0 Å². The lowest BCUT2D eigenvalue weighted by Crippen LogP contribution is -1.97. The fourth-order valence-corrected chi connectivity index (χ4v) is 5.55. The van der Waals surface area contributed by atoms with Crippen molar-refractivity contribution in [1.82, 2.24) is 0 Å². The maximum absolute atomic E-state index is 2.38. The number of hydrogen-bond acceptors (Lipinski definition) is 0. The van der Waals surface area contributed by atoms with Gasteiger partial charge in [-0.1, -0.05) is 48.5 Å². The highest BCUT2D eigenvalue weighted by molar-refractivity contribution is 6.38. The summed E-state index contributed by atoms with van der Waals surface area (Å²) in [6.45, 7) is 9.14. The second-order valence-electron chi connectivity index (χ2n) is 7.94. The van der Waals surface area contributed by atoms with Gasteiger partial charge in [-0.15, -0.1) is 0 Å². The molecule has 0 saturated carbocycles.